The molecule has 1 unspecified atom stereocenters. The number of imide groups is 1. The molecular weight excluding hydrogens is 511 g/mol. The average molecular weight is 555 g/mol. The number of aromatic nitrogens is 2. The van der Waals surface area contributed by atoms with E-state index in [1.54, 1.807) is 11.6 Å². The van der Waals surface area contributed by atoms with Gasteiger partial charge in [-0.15, -0.1) is 0 Å². The zero-order valence-corrected chi connectivity index (χ0v) is 23.7. The first-order valence-corrected chi connectivity index (χ1v) is 15.2. The van der Waals surface area contributed by atoms with Gasteiger partial charge in [-0.3, -0.25) is 24.0 Å². The maximum atomic E-state index is 15.1. The van der Waals surface area contributed by atoms with Crippen molar-refractivity contribution in [1.29, 1.82) is 0 Å². The zero-order valence-electron chi connectivity index (χ0n) is 23.7. The lowest BCUT2D eigenvalue weighted by molar-refractivity contribution is -0.135. The van der Waals surface area contributed by atoms with Crippen LogP contribution in [0.15, 0.2) is 23.0 Å². The number of benzene rings is 1. The molecule has 0 bridgehead atoms. The molecule has 4 saturated heterocycles. The largest absolute Gasteiger partial charge is 0.371 e. The first kappa shape index (κ1) is 27.4. The topological polar surface area (TPSA) is 91.6 Å². The molecule has 0 spiro atoms. The highest BCUT2D eigenvalue weighted by Gasteiger charge is 2.36. The van der Waals surface area contributed by atoms with Crippen molar-refractivity contribution in [3.05, 3.63) is 28.7 Å². The second-order valence-corrected chi connectivity index (χ2v) is 12.6. The lowest BCUT2D eigenvalue weighted by atomic mass is 9.81. The Labute approximate surface area is 235 Å². The molecule has 9 nitrogen and oxygen atoms in total. The Morgan fingerprint density at radius 2 is 1.62 bits per heavy atom. The van der Waals surface area contributed by atoms with Crippen LogP contribution in [-0.4, -0.2) is 77.3 Å². The molecule has 5 heterocycles. The van der Waals surface area contributed by atoms with Gasteiger partial charge in [0.05, 0.1) is 11.0 Å². The fourth-order valence-corrected chi connectivity index (χ4v) is 7.49. The smallest absolute Gasteiger partial charge is 0.329 e. The van der Waals surface area contributed by atoms with Crippen LogP contribution in [0.2, 0.25) is 0 Å². The molecular formula is C30H43FN6O3. The van der Waals surface area contributed by atoms with Gasteiger partial charge >= 0.3 is 5.69 Å². The van der Waals surface area contributed by atoms with Crippen LogP contribution in [0, 0.1) is 11.8 Å². The van der Waals surface area contributed by atoms with Gasteiger partial charge in [0.15, 0.2) is 0 Å². The van der Waals surface area contributed by atoms with Gasteiger partial charge in [-0.25, -0.2) is 9.18 Å². The van der Waals surface area contributed by atoms with E-state index in [4.69, 9.17) is 0 Å². The number of rotatable bonds is 6. The summed E-state index contributed by atoms with van der Waals surface area (Å²) >= 11 is 0. The number of likely N-dealkylation sites (tertiary alicyclic amines) is 1. The Hall–Kier alpha value is -2.72. The number of anilines is 1. The summed E-state index contributed by atoms with van der Waals surface area (Å²) in [4.78, 5) is 42.2. The minimum atomic E-state index is -0.951. The van der Waals surface area contributed by atoms with E-state index in [9.17, 15) is 14.4 Å². The minimum Gasteiger partial charge on any atom is -0.371 e. The van der Waals surface area contributed by atoms with Crippen LogP contribution in [0.3, 0.4) is 0 Å². The van der Waals surface area contributed by atoms with E-state index >= 15 is 4.39 Å². The molecule has 0 saturated carbocycles. The monoisotopic (exact) mass is 554 g/mol. The molecule has 1 atom stereocenters. The van der Waals surface area contributed by atoms with E-state index in [-0.39, 0.29) is 18.0 Å². The number of halogens is 1. The quantitative estimate of drug-likeness (QED) is 0.534. The molecule has 2 N–H and O–H groups in total. The van der Waals surface area contributed by atoms with E-state index in [1.165, 1.54) is 4.57 Å². The summed E-state index contributed by atoms with van der Waals surface area (Å²) in [5.41, 5.74) is 1.44. The molecule has 4 aliphatic heterocycles. The molecule has 40 heavy (non-hydrogen) atoms. The van der Waals surface area contributed by atoms with Crippen molar-refractivity contribution in [2.24, 2.45) is 18.9 Å². The summed E-state index contributed by atoms with van der Waals surface area (Å²) in [7, 11) is 1.74. The molecule has 218 valence electrons. The van der Waals surface area contributed by atoms with Gasteiger partial charge in [0, 0.05) is 38.8 Å². The van der Waals surface area contributed by atoms with E-state index in [2.05, 4.69) is 32.6 Å². The second kappa shape index (κ2) is 11.3. The summed E-state index contributed by atoms with van der Waals surface area (Å²) in [5, 5.41) is 5.65. The van der Waals surface area contributed by atoms with Gasteiger partial charge in [0.1, 0.15) is 11.7 Å². The number of hydrogen-bond acceptors (Lipinski definition) is 6. The third kappa shape index (κ3) is 5.57. The number of carbonyl (C=O) groups is 2. The Morgan fingerprint density at radius 1 is 0.925 bits per heavy atom. The van der Waals surface area contributed by atoms with E-state index in [0.29, 0.717) is 31.1 Å². The van der Waals surface area contributed by atoms with Gasteiger partial charge in [0.2, 0.25) is 11.8 Å². The van der Waals surface area contributed by atoms with Crippen LogP contribution < -0.4 is 21.2 Å². The Morgan fingerprint density at radius 3 is 2.33 bits per heavy atom. The maximum Gasteiger partial charge on any atom is 0.329 e. The summed E-state index contributed by atoms with van der Waals surface area (Å²) in [6.45, 7) is 6.90. The molecule has 4 aliphatic rings. The van der Waals surface area contributed by atoms with Crippen LogP contribution in [0.4, 0.5) is 10.1 Å². The highest BCUT2D eigenvalue weighted by Crippen LogP contribution is 2.35. The van der Waals surface area contributed by atoms with Crippen LogP contribution >= 0.6 is 0 Å². The summed E-state index contributed by atoms with van der Waals surface area (Å²) < 4.78 is 18.3. The molecule has 6 rings (SSSR count). The van der Waals surface area contributed by atoms with Gasteiger partial charge in [-0.05, 0) is 108 Å². The van der Waals surface area contributed by atoms with Crippen molar-refractivity contribution >= 4 is 28.5 Å². The number of hydrogen-bond donors (Lipinski definition) is 2. The number of piperidine rings is 4. The lowest BCUT2D eigenvalue weighted by Gasteiger charge is -2.40. The van der Waals surface area contributed by atoms with Crippen LogP contribution in [-0.2, 0) is 16.6 Å². The fraction of sp³-hybridized carbons (Fsp3) is 0.700. The molecule has 0 radical (unpaired) electrons. The number of fused-ring (bicyclic) bond motifs is 1. The van der Waals surface area contributed by atoms with Gasteiger partial charge in [-0.2, -0.15) is 0 Å². The van der Waals surface area contributed by atoms with Crippen molar-refractivity contribution in [2.75, 3.05) is 50.7 Å². The SMILES string of the molecule is Cn1c(=O)n(C2CCC(=O)NC2=O)c2ccc(N3CCC(CN4CCC(CC5(F)CCNCC5)CC4)CC3)cc21. The normalized spacial score (nSPS) is 25.4. The molecule has 2 amide bonds. The van der Waals surface area contributed by atoms with E-state index in [1.807, 2.05) is 6.07 Å². The Bertz CT molecular complexity index is 1300. The Kier molecular flexibility index (Phi) is 7.74. The molecule has 10 heteroatoms. The lowest BCUT2D eigenvalue weighted by Crippen LogP contribution is -2.44. The van der Waals surface area contributed by atoms with Gasteiger partial charge in [0.25, 0.3) is 0 Å². The number of alkyl halides is 1. The molecule has 1 aromatic carbocycles. The van der Waals surface area contributed by atoms with Crippen molar-refractivity contribution in [3.63, 3.8) is 0 Å². The van der Waals surface area contributed by atoms with Crippen molar-refractivity contribution in [1.82, 2.24) is 24.7 Å². The molecule has 2 aromatic rings. The third-order valence-electron chi connectivity index (χ3n) is 9.95. The number of amides is 2. The maximum absolute atomic E-state index is 15.1. The Balaban J connectivity index is 1.03. The first-order valence-electron chi connectivity index (χ1n) is 15.2. The first-order chi connectivity index (χ1) is 19.3. The van der Waals surface area contributed by atoms with Crippen molar-refractivity contribution in [2.45, 2.75) is 69.5 Å². The highest BCUT2D eigenvalue weighted by atomic mass is 19.1. The van der Waals surface area contributed by atoms with Crippen LogP contribution in [0.5, 0.6) is 0 Å². The van der Waals surface area contributed by atoms with Gasteiger partial charge < -0.3 is 15.1 Å². The fourth-order valence-electron chi connectivity index (χ4n) is 7.49. The average Bonchev–Trinajstić information content (AvgIpc) is 3.19. The number of carbonyl (C=O) groups excluding carboxylic acids is 2. The number of nitrogens with one attached hydrogen (secondary N) is 2. The number of imidazole rings is 1. The van der Waals surface area contributed by atoms with E-state index in [0.717, 1.165) is 94.6 Å². The van der Waals surface area contributed by atoms with Crippen molar-refractivity contribution in [3.8, 4) is 0 Å². The molecule has 1 aromatic heterocycles. The van der Waals surface area contributed by atoms with Gasteiger partial charge in [-0.1, -0.05) is 0 Å². The summed E-state index contributed by atoms with van der Waals surface area (Å²) in [6, 6.07) is 5.39. The molecule has 4 fully saturated rings. The van der Waals surface area contributed by atoms with Crippen molar-refractivity contribution < 1.29 is 14.0 Å². The molecule has 0 aliphatic carbocycles. The summed E-state index contributed by atoms with van der Waals surface area (Å²) in [6.07, 6.45) is 7.16. The predicted molar refractivity (Wildman–Crippen MR) is 153 cm³/mol. The summed E-state index contributed by atoms with van der Waals surface area (Å²) in [5.74, 6) is 0.504. The zero-order chi connectivity index (χ0) is 27.9. The predicted octanol–water partition coefficient (Wildman–Crippen LogP) is 2.73. The minimum absolute atomic E-state index is 0.235. The highest BCUT2D eigenvalue weighted by molar-refractivity contribution is 6.00. The second-order valence-electron chi connectivity index (χ2n) is 12.6. The van der Waals surface area contributed by atoms with Crippen LogP contribution in [0.1, 0.15) is 63.8 Å². The third-order valence-corrected chi connectivity index (χ3v) is 9.95. The van der Waals surface area contributed by atoms with Crippen LogP contribution in [0.25, 0.3) is 11.0 Å². The number of nitrogens with zero attached hydrogens (tertiary/aromatic N) is 4. The standard InChI is InChI=1S/C30H43FN6O3/c1-34-26-18-23(2-3-24(26)37(29(34)40)25-4-5-27(38)33-28(25)39)36-16-8-22(9-17-36)20-35-14-6-21(7-15-35)19-30(31)10-12-32-13-11-30/h2-3,18,21-22,25,32H,4-17,19-20H2,1H3,(H,33,38,39). The van der Waals surface area contributed by atoms with E-state index < -0.39 is 17.6 Å². The number of aryl methyl sites for hydroxylation is 1.